The molecule has 4 rings (SSSR count). The maximum absolute atomic E-state index is 14.4. The van der Waals surface area contributed by atoms with E-state index >= 15 is 0 Å². The Kier molecular flexibility index (Phi) is 4.40. The second-order valence-corrected chi connectivity index (χ2v) is 6.89. The Bertz CT molecular complexity index is 936. The smallest absolute Gasteiger partial charge is 0.133 e. The summed E-state index contributed by atoms with van der Waals surface area (Å²) < 4.78 is 16.1. The summed E-state index contributed by atoms with van der Waals surface area (Å²) in [5, 5.41) is 9.21. The average Bonchev–Trinajstić information content (AvgIpc) is 2.78. The predicted molar refractivity (Wildman–Crippen MR) is 100 cm³/mol. The molecule has 3 aromatic rings. The zero-order chi connectivity index (χ0) is 17.4. The van der Waals surface area contributed by atoms with E-state index in [1.54, 1.807) is 28.9 Å². The molecule has 0 amide bonds. The fourth-order valence-corrected chi connectivity index (χ4v) is 3.69. The van der Waals surface area contributed by atoms with Crippen LogP contribution in [0.5, 0.6) is 0 Å². The first-order valence-corrected chi connectivity index (χ1v) is 8.97. The van der Waals surface area contributed by atoms with E-state index in [4.69, 9.17) is 28.3 Å². The summed E-state index contributed by atoms with van der Waals surface area (Å²) in [6.45, 7) is 0.848. The molecule has 0 aliphatic carbocycles. The normalized spacial score (nSPS) is 13.9. The molecule has 1 aliphatic heterocycles. The topological polar surface area (TPSA) is 29.9 Å². The lowest BCUT2D eigenvalue weighted by Gasteiger charge is -2.10. The zero-order valence-electron chi connectivity index (χ0n) is 13.4. The number of hydrogen-bond acceptors (Lipinski definition) is 2. The van der Waals surface area contributed by atoms with Crippen molar-refractivity contribution >= 4 is 29.0 Å². The maximum atomic E-state index is 14.4. The van der Waals surface area contributed by atoms with Gasteiger partial charge in [-0.2, -0.15) is 5.10 Å². The van der Waals surface area contributed by atoms with Crippen LogP contribution in [0.15, 0.2) is 42.5 Å². The van der Waals surface area contributed by atoms with Gasteiger partial charge in [0.05, 0.1) is 10.7 Å². The first-order valence-electron chi connectivity index (χ1n) is 8.21. The zero-order valence-corrected chi connectivity index (χ0v) is 14.9. The van der Waals surface area contributed by atoms with Crippen molar-refractivity contribution in [2.45, 2.75) is 19.3 Å². The molecule has 0 bridgehead atoms. The van der Waals surface area contributed by atoms with Crippen LogP contribution in [0.25, 0.3) is 16.9 Å². The number of hydrogen-bond donors (Lipinski definition) is 1. The summed E-state index contributed by atoms with van der Waals surface area (Å²) in [4.78, 5) is 0. The SMILES string of the molecule is Fc1ccccc1-c1nn(-c2ccc(Cl)cc2Cl)c2c1CCCCN2. The average molecular weight is 376 g/mol. The van der Waals surface area contributed by atoms with Gasteiger partial charge in [-0.25, -0.2) is 9.07 Å². The Labute approximate surface area is 155 Å². The van der Waals surface area contributed by atoms with Gasteiger partial charge >= 0.3 is 0 Å². The third-order valence-electron chi connectivity index (χ3n) is 4.40. The highest BCUT2D eigenvalue weighted by atomic mass is 35.5. The van der Waals surface area contributed by atoms with Crippen LogP contribution in [-0.2, 0) is 6.42 Å². The number of nitrogens with one attached hydrogen (secondary N) is 1. The van der Waals surface area contributed by atoms with Crippen LogP contribution >= 0.6 is 23.2 Å². The summed E-state index contributed by atoms with van der Waals surface area (Å²) in [5.74, 6) is 0.598. The van der Waals surface area contributed by atoms with Gasteiger partial charge in [0, 0.05) is 22.7 Å². The Morgan fingerprint density at radius 2 is 1.92 bits per heavy atom. The standard InChI is InChI=1S/C19H16Cl2FN3/c20-12-8-9-17(15(21)11-12)25-19-14(6-3-4-10-23-19)18(24-25)13-5-1-2-7-16(13)22/h1-2,5,7-9,11,23H,3-4,6,10H2. The lowest BCUT2D eigenvalue weighted by Crippen LogP contribution is -2.07. The molecular formula is C19H16Cl2FN3. The van der Waals surface area contributed by atoms with Gasteiger partial charge in [0.15, 0.2) is 0 Å². The Morgan fingerprint density at radius 3 is 2.72 bits per heavy atom. The van der Waals surface area contributed by atoms with Crippen LogP contribution < -0.4 is 5.32 Å². The monoisotopic (exact) mass is 375 g/mol. The van der Waals surface area contributed by atoms with E-state index in [9.17, 15) is 4.39 Å². The van der Waals surface area contributed by atoms with Crippen LogP contribution in [0.3, 0.4) is 0 Å². The van der Waals surface area contributed by atoms with Crippen molar-refractivity contribution in [1.82, 2.24) is 9.78 Å². The molecule has 1 aliphatic rings. The highest BCUT2D eigenvalue weighted by Gasteiger charge is 2.24. The minimum absolute atomic E-state index is 0.276. The minimum atomic E-state index is -0.276. The predicted octanol–water partition coefficient (Wildman–Crippen LogP) is 5.73. The van der Waals surface area contributed by atoms with E-state index in [2.05, 4.69) is 5.32 Å². The van der Waals surface area contributed by atoms with Crippen molar-refractivity contribution in [2.24, 2.45) is 0 Å². The first-order chi connectivity index (χ1) is 12.1. The number of halogens is 3. The summed E-state index contributed by atoms with van der Waals surface area (Å²) in [5.41, 5.74) is 2.91. The van der Waals surface area contributed by atoms with Crippen LogP contribution in [-0.4, -0.2) is 16.3 Å². The maximum Gasteiger partial charge on any atom is 0.133 e. The van der Waals surface area contributed by atoms with E-state index in [1.165, 1.54) is 6.07 Å². The number of anilines is 1. The van der Waals surface area contributed by atoms with Crippen LogP contribution in [0.1, 0.15) is 18.4 Å². The Balaban J connectivity index is 1.95. The molecule has 2 heterocycles. The first kappa shape index (κ1) is 16.4. The minimum Gasteiger partial charge on any atom is -0.370 e. The highest BCUT2D eigenvalue weighted by molar-refractivity contribution is 6.35. The molecule has 25 heavy (non-hydrogen) atoms. The molecular weight excluding hydrogens is 360 g/mol. The third kappa shape index (κ3) is 3.00. The number of aromatic nitrogens is 2. The van der Waals surface area contributed by atoms with Gasteiger partial charge in [0.25, 0.3) is 0 Å². The lowest BCUT2D eigenvalue weighted by molar-refractivity contribution is 0.630. The second kappa shape index (κ2) is 6.70. The molecule has 0 radical (unpaired) electrons. The molecule has 3 nitrogen and oxygen atoms in total. The Morgan fingerprint density at radius 1 is 1.08 bits per heavy atom. The largest absolute Gasteiger partial charge is 0.370 e. The molecule has 0 saturated carbocycles. The van der Waals surface area contributed by atoms with Crippen molar-refractivity contribution in [1.29, 1.82) is 0 Å². The molecule has 0 fully saturated rings. The van der Waals surface area contributed by atoms with E-state index in [1.807, 2.05) is 12.1 Å². The van der Waals surface area contributed by atoms with Gasteiger partial charge in [0.2, 0.25) is 0 Å². The van der Waals surface area contributed by atoms with E-state index < -0.39 is 0 Å². The van der Waals surface area contributed by atoms with E-state index in [0.717, 1.165) is 42.9 Å². The van der Waals surface area contributed by atoms with Crippen molar-refractivity contribution < 1.29 is 4.39 Å². The fraction of sp³-hybridized carbons (Fsp3) is 0.211. The van der Waals surface area contributed by atoms with Gasteiger partial charge in [0.1, 0.15) is 17.3 Å². The van der Waals surface area contributed by atoms with Gasteiger partial charge in [-0.15, -0.1) is 0 Å². The summed E-state index contributed by atoms with van der Waals surface area (Å²) in [7, 11) is 0. The van der Waals surface area contributed by atoms with Gasteiger partial charge in [-0.1, -0.05) is 35.3 Å². The quantitative estimate of drug-likeness (QED) is 0.619. The molecule has 1 N–H and O–H groups in total. The number of rotatable bonds is 2. The Hall–Kier alpha value is -2.04. The third-order valence-corrected chi connectivity index (χ3v) is 4.93. The molecule has 6 heteroatoms. The lowest BCUT2D eigenvalue weighted by atomic mass is 10.0. The van der Waals surface area contributed by atoms with Crippen molar-refractivity contribution in [3.05, 3.63) is 63.9 Å². The molecule has 0 unspecified atom stereocenters. The van der Waals surface area contributed by atoms with E-state index in [-0.39, 0.29) is 5.82 Å². The molecule has 0 atom stereocenters. The van der Waals surface area contributed by atoms with Crippen LogP contribution in [0, 0.1) is 5.82 Å². The van der Waals surface area contributed by atoms with Gasteiger partial charge in [-0.3, -0.25) is 0 Å². The van der Waals surface area contributed by atoms with Crippen LogP contribution in [0.4, 0.5) is 10.2 Å². The molecule has 0 spiro atoms. The highest BCUT2D eigenvalue weighted by Crippen LogP contribution is 2.36. The van der Waals surface area contributed by atoms with E-state index in [0.29, 0.717) is 21.3 Å². The van der Waals surface area contributed by atoms with Crippen molar-refractivity contribution in [2.75, 3.05) is 11.9 Å². The second-order valence-electron chi connectivity index (χ2n) is 6.05. The number of nitrogens with zero attached hydrogens (tertiary/aromatic N) is 2. The summed E-state index contributed by atoms with van der Waals surface area (Å²) >= 11 is 12.4. The van der Waals surface area contributed by atoms with Crippen LogP contribution in [0.2, 0.25) is 10.0 Å². The number of fused-ring (bicyclic) bond motifs is 1. The molecule has 1 aromatic heterocycles. The molecule has 2 aromatic carbocycles. The fourth-order valence-electron chi connectivity index (χ4n) is 3.20. The van der Waals surface area contributed by atoms with Crippen molar-refractivity contribution in [3.8, 4) is 16.9 Å². The summed E-state index contributed by atoms with van der Waals surface area (Å²) in [6.07, 6.45) is 2.93. The van der Waals surface area contributed by atoms with Gasteiger partial charge in [-0.05, 0) is 49.6 Å². The number of benzene rings is 2. The molecule has 128 valence electrons. The van der Waals surface area contributed by atoms with Crippen molar-refractivity contribution in [3.63, 3.8) is 0 Å². The van der Waals surface area contributed by atoms with Gasteiger partial charge < -0.3 is 5.32 Å². The summed E-state index contributed by atoms with van der Waals surface area (Å²) in [6, 6.07) is 12.0. The molecule has 0 saturated heterocycles.